The van der Waals surface area contributed by atoms with Crippen LogP contribution in [-0.4, -0.2) is 40.9 Å². The number of aliphatic hydroxyl groups is 1. The van der Waals surface area contributed by atoms with Crippen molar-refractivity contribution in [1.29, 1.82) is 0 Å². The van der Waals surface area contributed by atoms with Gasteiger partial charge in [-0.3, -0.25) is 0 Å². The van der Waals surface area contributed by atoms with Crippen molar-refractivity contribution < 1.29 is 15.0 Å². The van der Waals surface area contributed by atoms with Crippen LogP contribution in [0.4, 0.5) is 4.79 Å². The first-order valence-corrected chi connectivity index (χ1v) is 7.73. The Hall–Kier alpha value is -1.49. The molecule has 2 rings (SSSR count). The monoisotopic (exact) mass is 341 g/mol. The van der Waals surface area contributed by atoms with E-state index in [1.807, 2.05) is 30.3 Å². The SMILES string of the molecule is O=C(O)N(CCCO)CCc1ccc2cc(Cl)c(Cl)cc2c1. The molecule has 2 aromatic carbocycles. The summed E-state index contributed by atoms with van der Waals surface area (Å²) < 4.78 is 0. The second-order valence-corrected chi connectivity index (χ2v) is 5.86. The summed E-state index contributed by atoms with van der Waals surface area (Å²) >= 11 is 12.0. The van der Waals surface area contributed by atoms with Crippen molar-refractivity contribution in [2.24, 2.45) is 0 Å². The highest BCUT2D eigenvalue weighted by atomic mass is 35.5. The summed E-state index contributed by atoms with van der Waals surface area (Å²) in [4.78, 5) is 12.4. The molecule has 0 aliphatic carbocycles. The van der Waals surface area contributed by atoms with Gasteiger partial charge in [-0.05, 0) is 41.3 Å². The highest BCUT2D eigenvalue weighted by molar-refractivity contribution is 6.42. The van der Waals surface area contributed by atoms with Gasteiger partial charge in [0.15, 0.2) is 0 Å². The molecule has 0 aromatic heterocycles. The van der Waals surface area contributed by atoms with Gasteiger partial charge in [0.2, 0.25) is 0 Å². The highest BCUT2D eigenvalue weighted by Crippen LogP contribution is 2.28. The average Bonchev–Trinajstić information content (AvgIpc) is 2.48. The summed E-state index contributed by atoms with van der Waals surface area (Å²) in [5, 5.41) is 20.9. The molecule has 0 spiro atoms. The molecule has 0 aliphatic heterocycles. The van der Waals surface area contributed by atoms with Crippen molar-refractivity contribution in [1.82, 2.24) is 4.90 Å². The van der Waals surface area contributed by atoms with Crippen molar-refractivity contribution in [3.63, 3.8) is 0 Å². The Balaban J connectivity index is 2.10. The molecule has 2 N–H and O–H groups in total. The average molecular weight is 342 g/mol. The zero-order valence-corrected chi connectivity index (χ0v) is 13.4. The van der Waals surface area contributed by atoms with E-state index in [9.17, 15) is 4.79 Å². The topological polar surface area (TPSA) is 60.8 Å². The number of nitrogens with zero attached hydrogens (tertiary/aromatic N) is 1. The van der Waals surface area contributed by atoms with Crippen molar-refractivity contribution in [3.8, 4) is 0 Å². The minimum absolute atomic E-state index is 0.0149. The summed E-state index contributed by atoms with van der Waals surface area (Å²) in [6.45, 7) is 0.710. The molecule has 0 aliphatic rings. The number of hydrogen-bond acceptors (Lipinski definition) is 2. The maximum Gasteiger partial charge on any atom is 0.407 e. The van der Waals surface area contributed by atoms with Crippen LogP contribution in [0.2, 0.25) is 10.0 Å². The zero-order valence-electron chi connectivity index (χ0n) is 11.9. The van der Waals surface area contributed by atoms with Crippen LogP contribution in [-0.2, 0) is 6.42 Å². The van der Waals surface area contributed by atoms with Crippen LogP contribution >= 0.6 is 23.2 Å². The molecule has 22 heavy (non-hydrogen) atoms. The van der Waals surface area contributed by atoms with E-state index in [0.717, 1.165) is 16.3 Å². The predicted octanol–water partition coefficient (Wildman–Crippen LogP) is 4.05. The third-order valence-electron chi connectivity index (χ3n) is 3.47. The van der Waals surface area contributed by atoms with E-state index in [4.69, 9.17) is 33.4 Å². The first-order valence-electron chi connectivity index (χ1n) is 6.97. The first-order chi connectivity index (χ1) is 10.5. The fraction of sp³-hybridized carbons (Fsp3) is 0.312. The number of halogens is 2. The van der Waals surface area contributed by atoms with Gasteiger partial charge in [0, 0.05) is 19.7 Å². The number of carbonyl (C=O) groups is 1. The molecule has 2 aromatic rings. The lowest BCUT2D eigenvalue weighted by atomic mass is 10.0. The number of carboxylic acid groups (broad SMARTS) is 1. The van der Waals surface area contributed by atoms with Crippen molar-refractivity contribution >= 4 is 40.1 Å². The lowest BCUT2D eigenvalue weighted by Crippen LogP contribution is -2.32. The third-order valence-corrected chi connectivity index (χ3v) is 4.19. The van der Waals surface area contributed by atoms with E-state index in [1.54, 1.807) is 0 Å². The molecule has 4 nitrogen and oxygen atoms in total. The zero-order chi connectivity index (χ0) is 16.1. The standard InChI is InChI=1S/C16H17Cl2NO3/c17-14-9-12-3-2-11(8-13(12)10-15(14)18)4-6-19(16(21)22)5-1-7-20/h2-3,8-10,20H,1,4-7H2,(H,21,22). The molecular formula is C16H17Cl2NO3. The van der Waals surface area contributed by atoms with E-state index in [-0.39, 0.29) is 6.61 Å². The molecular weight excluding hydrogens is 325 g/mol. The summed E-state index contributed by atoms with van der Waals surface area (Å²) in [5.74, 6) is 0. The molecule has 0 atom stereocenters. The summed E-state index contributed by atoms with van der Waals surface area (Å²) in [6.07, 6.45) is 0.0792. The largest absolute Gasteiger partial charge is 0.465 e. The Morgan fingerprint density at radius 1 is 1.05 bits per heavy atom. The molecule has 0 saturated heterocycles. The maximum atomic E-state index is 11.1. The van der Waals surface area contributed by atoms with Gasteiger partial charge in [0.25, 0.3) is 0 Å². The molecule has 0 radical (unpaired) electrons. The number of amides is 1. The van der Waals surface area contributed by atoms with Crippen molar-refractivity contribution in [3.05, 3.63) is 45.9 Å². The van der Waals surface area contributed by atoms with Crippen molar-refractivity contribution in [2.45, 2.75) is 12.8 Å². The molecule has 118 valence electrons. The number of benzene rings is 2. The van der Waals surface area contributed by atoms with Crippen LogP contribution in [0.5, 0.6) is 0 Å². The number of rotatable bonds is 6. The second-order valence-electron chi connectivity index (χ2n) is 5.04. The number of fused-ring (bicyclic) bond motifs is 1. The normalized spacial score (nSPS) is 10.9. The fourth-order valence-electron chi connectivity index (χ4n) is 2.28. The predicted molar refractivity (Wildman–Crippen MR) is 89.0 cm³/mol. The Kier molecular flexibility index (Phi) is 5.89. The van der Waals surface area contributed by atoms with Crippen LogP contribution in [0, 0.1) is 0 Å². The quantitative estimate of drug-likeness (QED) is 0.833. The van der Waals surface area contributed by atoms with Gasteiger partial charge in [-0.25, -0.2) is 4.79 Å². The molecule has 0 heterocycles. The van der Waals surface area contributed by atoms with Gasteiger partial charge in [-0.15, -0.1) is 0 Å². The summed E-state index contributed by atoms with van der Waals surface area (Å²) in [6, 6.07) is 9.52. The number of hydrogen-bond donors (Lipinski definition) is 2. The molecule has 0 fully saturated rings. The van der Waals surface area contributed by atoms with Gasteiger partial charge in [0.05, 0.1) is 10.0 Å². The highest BCUT2D eigenvalue weighted by Gasteiger charge is 2.11. The van der Waals surface area contributed by atoms with Crippen LogP contribution in [0.3, 0.4) is 0 Å². The Morgan fingerprint density at radius 2 is 1.73 bits per heavy atom. The molecule has 0 bridgehead atoms. The smallest absolute Gasteiger partial charge is 0.407 e. The van der Waals surface area contributed by atoms with E-state index in [2.05, 4.69) is 0 Å². The fourth-order valence-corrected chi connectivity index (χ4v) is 2.62. The lowest BCUT2D eigenvalue weighted by Gasteiger charge is -2.18. The van der Waals surface area contributed by atoms with Crippen LogP contribution < -0.4 is 0 Å². The van der Waals surface area contributed by atoms with Crippen LogP contribution in [0.25, 0.3) is 10.8 Å². The van der Waals surface area contributed by atoms with E-state index in [0.29, 0.717) is 36.0 Å². The minimum atomic E-state index is -0.968. The molecule has 0 unspecified atom stereocenters. The van der Waals surface area contributed by atoms with Gasteiger partial charge in [0.1, 0.15) is 0 Å². The van der Waals surface area contributed by atoms with E-state index < -0.39 is 6.09 Å². The lowest BCUT2D eigenvalue weighted by molar-refractivity contribution is 0.141. The summed E-state index contributed by atoms with van der Waals surface area (Å²) in [5.41, 5.74) is 1.03. The van der Waals surface area contributed by atoms with Crippen molar-refractivity contribution in [2.75, 3.05) is 19.7 Å². The van der Waals surface area contributed by atoms with Gasteiger partial charge in [-0.1, -0.05) is 41.4 Å². The van der Waals surface area contributed by atoms with Gasteiger partial charge in [-0.2, -0.15) is 0 Å². The van der Waals surface area contributed by atoms with E-state index in [1.165, 1.54) is 4.90 Å². The molecule has 6 heteroatoms. The van der Waals surface area contributed by atoms with Gasteiger partial charge < -0.3 is 15.1 Å². The summed E-state index contributed by atoms with van der Waals surface area (Å²) in [7, 11) is 0. The third kappa shape index (κ3) is 4.26. The maximum absolute atomic E-state index is 11.1. The van der Waals surface area contributed by atoms with E-state index >= 15 is 0 Å². The number of aliphatic hydroxyl groups excluding tert-OH is 1. The Bertz CT molecular complexity index is 676. The molecule has 1 amide bonds. The first kappa shape index (κ1) is 16.9. The van der Waals surface area contributed by atoms with Crippen LogP contribution in [0.15, 0.2) is 30.3 Å². The van der Waals surface area contributed by atoms with Gasteiger partial charge >= 0.3 is 6.09 Å². The van der Waals surface area contributed by atoms with Crippen LogP contribution in [0.1, 0.15) is 12.0 Å². The Morgan fingerprint density at radius 3 is 2.36 bits per heavy atom. The second kappa shape index (κ2) is 7.68. The molecule has 0 saturated carbocycles. The minimum Gasteiger partial charge on any atom is -0.465 e. The Labute approximate surface area is 138 Å².